The number of fused-ring (bicyclic) bond motifs is 1. The summed E-state index contributed by atoms with van der Waals surface area (Å²) in [6.07, 6.45) is 0. The first-order valence-electron chi connectivity index (χ1n) is 5.76. The average molecular weight is 258 g/mol. The maximum absolute atomic E-state index is 5.91. The van der Waals surface area contributed by atoms with Crippen molar-refractivity contribution in [3.8, 4) is 5.75 Å². The summed E-state index contributed by atoms with van der Waals surface area (Å²) in [5.41, 5.74) is 2.18. The van der Waals surface area contributed by atoms with Crippen molar-refractivity contribution in [2.75, 3.05) is 0 Å². The van der Waals surface area contributed by atoms with Gasteiger partial charge in [0.15, 0.2) is 0 Å². The molecular weight excluding hydrogens is 246 g/mol. The van der Waals surface area contributed by atoms with Gasteiger partial charge in [-0.2, -0.15) is 0 Å². The molecule has 0 saturated heterocycles. The lowest BCUT2D eigenvalue weighted by atomic mass is 10.2. The molecule has 0 atom stereocenters. The first kappa shape index (κ1) is 11.2. The second-order valence-electron chi connectivity index (χ2n) is 4.14. The van der Waals surface area contributed by atoms with Gasteiger partial charge in [-0.15, -0.1) is 0 Å². The van der Waals surface area contributed by atoms with Gasteiger partial charge < -0.3 is 9.72 Å². The summed E-state index contributed by atoms with van der Waals surface area (Å²) in [7, 11) is 0. The van der Waals surface area contributed by atoms with E-state index in [1.165, 1.54) is 0 Å². The van der Waals surface area contributed by atoms with Crippen LogP contribution < -0.4 is 4.74 Å². The van der Waals surface area contributed by atoms with Crippen molar-refractivity contribution in [3.63, 3.8) is 0 Å². The van der Waals surface area contributed by atoms with Crippen LogP contribution in [-0.2, 0) is 6.61 Å². The molecule has 0 fully saturated rings. The van der Waals surface area contributed by atoms with Crippen LogP contribution >= 0.6 is 11.6 Å². The molecule has 0 unspecified atom stereocenters. The largest absolute Gasteiger partial charge is 0.489 e. The Balaban J connectivity index is 1.78. The van der Waals surface area contributed by atoms with Gasteiger partial charge in [-0.3, -0.25) is 0 Å². The smallest absolute Gasteiger partial charge is 0.120 e. The van der Waals surface area contributed by atoms with Crippen LogP contribution in [0.2, 0.25) is 5.15 Å². The Hall–Kier alpha value is -1.93. The maximum atomic E-state index is 5.91. The first-order chi connectivity index (χ1) is 8.81. The van der Waals surface area contributed by atoms with Crippen LogP contribution in [0.15, 0.2) is 54.6 Å². The van der Waals surface area contributed by atoms with Gasteiger partial charge in [-0.25, -0.2) is 0 Å². The highest BCUT2D eigenvalue weighted by molar-refractivity contribution is 6.30. The quantitative estimate of drug-likeness (QED) is 0.739. The molecule has 90 valence electrons. The van der Waals surface area contributed by atoms with E-state index >= 15 is 0 Å². The van der Waals surface area contributed by atoms with E-state index in [1.54, 1.807) is 0 Å². The molecule has 0 aliphatic rings. The number of hydrogen-bond donors (Lipinski definition) is 1. The van der Waals surface area contributed by atoms with Crippen molar-refractivity contribution in [2.24, 2.45) is 0 Å². The molecule has 18 heavy (non-hydrogen) atoms. The van der Waals surface area contributed by atoms with Crippen LogP contribution in [0.3, 0.4) is 0 Å². The standard InChI is InChI=1S/C15H12ClNO/c16-15-9-12-8-13(6-7-14(12)17-15)18-10-11-4-2-1-3-5-11/h1-9,17H,10H2. The summed E-state index contributed by atoms with van der Waals surface area (Å²) in [6, 6.07) is 17.9. The molecule has 0 bridgehead atoms. The number of H-pyrrole nitrogens is 1. The number of nitrogens with one attached hydrogen (secondary N) is 1. The third-order valence-corrected chi connectivity index (χ3v) is 3.01. The average Bonchev–Trinajstić information content (AvgIpc) is 2.77. The van der Waals surface area contributed by atoms with Crippen molar-refractivity contribution in [1.29, 1.82) is 0 Å². The number of hydrogen-bond acceptors (Lipinski definition) is 1. The number of aromatic nitrogens is 1. The van der Waals surface area contributed by atoms with Crippen LogP contribution in [0, 0.1) is 0 Å². The van der Waals surface area contributed by atoms with Crippen LogP contribution in [0.5, 0.6) is 5.75 Å². The van der Waals surface area contributed by atoms with E-state index in [4.69, 9.17) is 16.3 Å². The van der Waals surface area contributed by atoms with Gasteiger partial charge >= 0.3 is 0 Å². The normalized spacial score (nSPS) is 10.7. The van der Waals surface area contributed by atoms with Crippen molar-refractivity contribution < 1.29 is 4.74 Å². The Morgan fingerprint density at radius 1 is 1.00 bits per heavy atom. The molecule has 2 aromatic carbocycles. The van der Waals surface area contributed by atoms with Gasteiger partial charge in [-0.05, 0) is 29.8 Å². The molecule has 0 saturated carbocycles. The topological polar surface area (TPSA) is 25.0 Å². The van der Waals surface area contributed by atoms with Crippen LogP contribution in [0.1, 0.15) is 5.56 Å². The van der Waals surface area contributed by atoms with Crippen molar-refractivity contribution >= 4 is 22.5 Å². The summed E-state index contributed by atoms with van der Waals surface area (Å²) >= 11 is 5.91. The van der Waals surface area contributed by atoms with E-state index in [-0.39, 0.29) is 0 Å². The highest BCUT2D eigenvalue weighted by Crippen LogP contribution is 2.24. The van der Waals surface area contributed by atoms with E-state index in [9.17, 15) is 0 Å². The number of aromatic amines is 1. The molecular formula is C15H12ClNO. The van der Waals surface area contributed by atoms with E-state index in [0.717, 1.165) is 22.2 Å². The van der Waals surface area contributed by atoms with E-state index in [2.05, 4.69) is 4.98 Å². The van der Waals surface area contributed by atoms with Gasteiger partial charge in [0, 0.05) is 10.9 Å². The zero-order valence-corrected chi connectivity index (χ0v) is 10.4. The molecule has 2 nitrogen and oxygen atoms in total. The first-order valence-corrected chi connectivity index (χ1v) is 6.14. The third-order valence-electron chi connectivity index (χ3n) is 2.81. The Labute approximate surface area is 110 Å². The summed E-state index contributed by atoms with van der Waals surface area (Å²) in [6.45, 7) is 0.574. The van der Waals surface area contributed by atoms with Crippen LogP contribution in [0.4, 0.5) is 0 Å². The molecule has 3 heteroatoms. The number of rotatable bonds is 3. The van der Waals surface area contributed by atoms with Crippen LogP contribution in [-0.4, -0.2) is 4.98 Å². The molecule has 3 aromatic rings. The molecule has 0 aliphatic heterocycles. The molecule has 3 rings (SSSR count). The van der Waals surface area contributed by atoms with E-state index in [1.807, 2.05) is 54.6 Å². The molecule has 1 heterocycles. The van der Waals surface area contributed by atoms with Gasteiger partial charge in [0.05, 0.1) is 0 Å². The molecule has 0 aliphatic carbocycles. The fourth-order valence-corrected chi connectivity index (χ4v) is 2.13. The monoisotopic (exact) mass is 257 g/mol. The minimum absolute atomic E-state index is 0.574. The molecule has 0 radical (unpaired) electrons. The van der Waals surface area contributed by atoms with Crippen molar-refractivity contribution in [2.45, 2.75) is 6.61 Å². The van der Waals surface area contributed by atoms with Gasteiger partial charge in [0.1, 0.15) is 17.5 Å². The van der Waals surface area contributed by atoms with E-state index < -0.39 is 0 Å². The summed E-state index contributed by atoms with van der Waals surface area (Å²) in [5.74, 6) is 0.849. The summed E-state index contributed by atoms with van der Waals surface area (Å²) in [5, 5.41) is 1.70. The third kappa shape index (κ3) is 2.34. The fourth-order valence-electron chi connectivity index (χ4n) is 1.91. The lowest BCUT2D eigenvalue weighted by molar-refractivity contribution is 0.306. The van der Waals surface area contributed by atoms with Crippen LogP contribution in [0.25, 0.3) is 10.9 Å². The number of ether oxygens (including phenoxy) is 1. The Morgan fingerprint density at radius 2 is 1.83 bits per heavy atom. The molecule has 1 N–H and O–H groups in total. The predicted molar refractivity (Wildman–Crippen MR) is 74.1 cm³/mol. The Kier molecular flexibility index (Phi) is 2.95. The summed E-state index contributed by atoms with van der Waals surface area (Å²) in [4.78, 5) is 3.07. The number of benzene rings is 2. The maximum Gasteiger partial charge on any atom is 0.120 e. The lowest BCUT2D eigenvalue weighted by Gasteiger charge is -2.06. The van der Waals surface area contributed by atoms with Crippen molar-refractivity contribution in [1.82, 2.24) is 4.98 Å². The second-order valence-corrected chi connectivity index (χ2v) is 4.55. The number of halogens is 1. The SMILES string of the molecule is Clc1cc2cc(OCc3ccccc3)ccc2[nH]1. The Bertz CT molecular complexity index is 661. The highest BCUT2D eigenvalue weighted by atomic mass is 35.5. The van der Waals surface area contributed by atoms with Gasteiger partial charge in [0.2, 0.25) is 0 Å². The summed E-state index contributed by atoms with van der Waals surface area (Å²) < 4.78 is 5.75. The fraction of sp³-hybridized carbons (Fsp3) is 0.0667. The zero-order chi connectivity index (χ0) is 12.4. The van der Waals surface area contributed by atoms with Gasteiger partial charge in [-0.1, -0.05) is 41.9 Å². The highest BCUT2D eigenvalue weighted by Gasteiger charge is 2.01. The predicted octanol–water partition coefficient (Wildman–Crippen LogP) is 4.40. The molecule has 0 spiro atoms. The lowest BCUT2D eigenvalue weighted by Crippen LogP contribution is -1.94. The molecule has 1 aromatic heterocycles. The molecule has 0 amide bonds. The van der Waals surface area contributed by atoms with Crippen molar-refractivity contribution in [3.05, 3.63) is 65.3 Å². The van der Waals surface area contributed by atoms with E-state index in [0.29, 0.717) is 11.8 Å². The minimum atomic E-state index is 0.574. The Morgan fingerprint density at radius 3 is 2.67 bits per heavy atom. The second kappa shape index (κ2) is 4.75. The minimum Gasteiger partial charge on any atom is -0.489 e. The van der Waals surface area contributed by atoms with Gasteiger partial charge in [0.25, 0.3) is 0 Å². The zero-order valence-electron chi connectivity index (χ0n) is 9.69.